The van der Waals surface area contributed by atoms with Crippen molar-refractivity contribution in [2.24, 2.45) is 10.2 Å². The number of hydrogen-bond acceptors (Lipinski definition) is 3. The third-order valence-corrected chi connectivity index (χ3v) is 3.75. The molecule has 114 valence electrons. The van der Waals surface area contributed by atoms with Gasteiger partial charge >= 0.3 is 0 Å². The van der Waals surface area contributed by atoms with Crippen LogP contribution in [0.5, 0.6) is 0 Å². The normalized spacial score (nSPS) is 10.9. The number of para-hydroxylation sites is 1. The Kier molecular flexibility index (Phi) is 4.48. The van der Waals surface area contributed by atoms with Crippen LogP contribution in [0.1, 0.15) is 5.56 Å². The van der Waals surface area contributed by atoms with E-state index >= 15 is 0 Å². The van der Waals surface area contributed by atoms with Crippen molar-refractivity contribution in [3.63, 3.8) is 0 Å². The molecule has 0 spiro atoms. The van der Waals surface area contributed by atoms with E-state index in [1.807, 2.05) is 42.5 Å². The molecule has 0 unspecified atom stereocenters. The smallest absolute Gasteiger partial charge is 0.0858 e. The SMILES string of the molecule is Cc1ccccc1N(C)c1ccc(N=Nc2ccccc2)cc1. The maximum Gasteiger partial charge on any atom is 0.0858 e. The summed E-state index contributed by atoms with van der Waals surface area (Å²) in [4.78, 5) is 2.17. The van der Waals surface area contributed by atoms with Crippen LogP contribution in [-0.4, -0.2) is 7.05 Å². The van der Waals surface area contributed by atoms with Crippen molar-refractivity contribution in [2.45, 2.75) is 6.92 Å². The van der Waals surface area contributed by atoms with Crippen molar-refractivity contribution in [2.75, 3.05) is 11.9 Å². The van der Waals surface area contributed by atoms with Gasteiger partial charge in [0.2, 0.25) is 0 Å². The van der Waals surface area contributed by atoms with Gasteiger partial charge in [-0.1, -0.05) is 36.4 Å². The number of rotatable bonds is 4. The number of nitrogens with zero attached hydrogens (tertiary/aromatic N) is 3. The molecule has 3 nitrogen and oxygen atoms in total. The van der Waals surface area contributed by atoms with E-state index in [4.69, 9.17) is 0 Å². The molecule has 0 saturated carbocycles. The molecule has 0 aliphatic rings. The summed E-state index contributed by atoms with van der Waals surface area (Å²) in [5, 5.41) is 8.51. The largest absolute Gasteiger partial charge is 0.344 e. The van der Waals surface area contributed by atoms with Gasteiger partial charge in [0.25, 0.3) is 0 Å². The lowest BCUT2D eigenvalue weighted by Crippen LogP contribution is -2.10. The Balaban J connectivity index is 1.77. The van der Waals surface area contributed by atoms with E-state index in [1.54, 1.807) is 0 Å². The Hall–Kier alpha value is -2.94. The molecule has 0 saturated heterocycles. The maximum atomic E-state index is 4.27. The fraction of sp³-hybridized carbons (Fsp3) is 0.100. The monoisotopic (exact) mass is 301 g/mol. The Bertz CT molecular complexity index is 793. The molecule has 0 N–H and O–H groups in total. The van der Waals surface area contributed by atoms with Crippen molar-refractivity contribution in [1.29, 1.82) is 0 Å². The molecule has 3 rings (SSSR count). The van der Waals surface area contributed by atoms with Crippen LogP contribution in [0, 0.1) is 6.92 Å². The first-order valence-electron chi connectivity index (χ1n) is 7.60. The standard InChI is InChI=1S/C20H19N3/c1-16-8-6-7-11-20(16)23(2)19-14-12-18(13-15-19)22-21-17-9-4-3-5-10-17/h3-15H,1-2H3. The van der Waals surface area contributed by atoms with Crippen LogP contribution in [-0.2, 0) is 0 Å². The summed E-state index contributed by atoms with van der Waals surface area (Å²) in [7, 11) is 2.07. The maximum absolute atomic E-state index is 4.27. The highest BCUT2D eigenvalue weighted by atomic mass is 15.1. The summed E-state index contributed by atoms with van der Waals surface area (Å²) in [6, 6.07) is 26.2. The average molecular weight is 301 g/mol. The Morgan fingerprint density at radius 3 is 1.87 bits per heavy atom. The molecule has 0 fully saturated rings. The van der Waals surface area contributed by atoms with Crippen LogP contribution in [0.4, 0.5) is 22.7 Å². The average Bonchev–Trinajstić information content (AvgIpc) is 2.61. The summed E-state index contributed by atoms with van der Waals surface area (Å²) in [6.07, 6.45) is 0. The van der Waals surface area contributed by atoms with Crippen molar-refractivity contribution in [3.05, 3.63) is 84.4 Å². The Morgan fingerprint density at radius 1 is 0.652 bits per heavy atom. The van der Waals surface area contributed by atoms with E-state index in [0.29, 0.717) is 0 Å². The van der Waals surface area contributed by atoms with E-state index in [9.17, 15) is 0 Å². The molecular weight excluding hydrogens is 282 g/mol. The van der Waals surface area contributed by atoms with Crippen molar-refractivity contribution < 1.29 is 0 Å². The molecular formula is C20H19N3. The van der Waals surface area contributed by atoms with Gasteiger partial charge in [-0.2, -0.15) is 10.2 Å². The van der Waals surface area contributed by atoms with Gasteiger partial charge in [-0.15, -0.1) is 0 Å². The summed E-state index contributed by atoms with van der Waals surface area (Å²) in [5.74, 6) is 0. The van der Waals surface area contributed by atoms with Crippen molar-refractivity contribution in [1.82, 2.24) is 0 Å². The Morgan fingerprint density at radius 2 is 1.22 bits per heavy atom. The molecule has 3 heteroatoms. The van der Waals surface area contributed by atoms with Gasteiger partial charge in [-0.25, -0.2) is 0 Å². The highest BCUT2D eigenvalue weighted by molar-refractivity contribution is 5.66. The second kappa shape index (κ2) is 6.88. The predicted octanol–water partition coefficient (Wildman–Crippen LogP) is 6.18. The molecule has 0 bridgehead atoms. The summed E-state index contributed by atoms with van der Waals surface area (Å²) < 4.78 is 0. The summed E-state index contributed by atoms with van der Waals surface area (Å²) in [6.45, 7) is 2.12. The lowest BCUT2D eigenvalue weighted by molar-refractivity contribution is 1.18. The first-order chi connectivity index (χ1) is 11.2. The molecule has 0 radical (unpaired) electrons. The molecule has 3 aromatic rings. The number of aryl methyl sites for hydroxylation is 1. The van der Waals surface area contributed by atoms with E-state index < -0.39 is 0 Å². The zero-order valence-electron chi connectivity index (χ0n) is 13.3. The van der Waals surface area contributed by atoms with Gasteiger partial charge < -0.3 is 4.90 Å². The number of azo groups is 1. The lowest BCUT2D eigenvalue weighted by atomic mass is 10.1. The third kappa shape index (κ3) is 3.64. The van der Waals surface area contributed by atoms with E-state index in [-0.39, 0.29) is 0 Å². The highest BCUT2D eigenvalue weighted by Crippen LogP contribution is 2.28. The van der Waals surface area contributed by atoms with Gasteiger partial charge in [0.05, 0.1) is 11.4 Å². The van der Waals surface area contributed by atoms with Crippen LogP contribution in [0.2, 0.25) is 0 Å². The first kappa shape index (κ1) is 15.0. The molecule has 0 heterocycles. The summed E-state index contributed by atoms with van der Waals surface area (Å²) >= 11 is 0. The van der Waals surface area contributed by atoms with Crippen LogP contribution >= 0.6 is 0 Å². The number of benzene rings is 3. The molecule has 0 aliphatic heterocycles. The lowest BCUT2D eigenvalue weighted by Gasteiger charge is -2.21. The minimum Gasteiger partial charge on any atom is -0.344 e. The number of anilines is 2. The van der Waals surface area contributed by atoms with Crippen LogP contribution in [0.3, 0.4) is 0 Å². The fourth-order valence-corrected chi connectivity index (χ4v) is 2.43. The minimum atomic E-state index is 0.843. The molecule has 3 aromatic carbocycles. The topological polar surface area (TPSA) is 28.0 Å². The van der Waals surface area contributed by atoms with Gasteiger partial charge in [0.1, 0.15) is 0 Å². The van der Waals surface area contributed by atoms with Crippen LogP contribution in [0.25, 0.3) is 0 Å². The molecule has 0 amide bonds. The van der Waals surface area contributed by atoms with Gasteiger partial charge in [-0.05, 0) is 55.0 Å². The van der Waals surface area contributed by atoms with Crippen molar-refractivity contribution >= 4 is 22.7 Å². The summed E-state index contributed by atoms with van der Waals surface area (Å²) in [5.41, 5.74) is 5.27. The van der Waals surface area contributed by atoms with Gasteiger partial charge in [0, 0.05) is 18.4 Å². The van der Waals surface area contributed by atoms with Gasteiger partial charge in [-0.3, -0.25) is 0 Å². The Labute approximate surface area is 136 Å². The van der Waals surface area contributed by atoms with Crippen LogP contribution < -0.4 is 4.90 Å². The third-order valence-electron chi connectivity index (χ3n) is 3.75. The molecule has 0 aromatic heterocycles. The highest BCUT2D eigenvalue weighted by Gasteiger charge is 2.06. The first-order valence-corrected chi connectivity index (χ1v) is 7.60. The zero-order valence-corrected chi connectivity index (χ0v) is 13.3. The minimum absolute atomic E-state index is 0.843. The second-order valence-corrected chi connectivity index (χ2v) is 5.40. The van der Waals surface area contributed by atoms with Crippen LogP contribution in [0.15, 0.2) is 89.1 Å². The molecule has 23 heavy (non-hydrogen) atoms. The second-order valence-electron chi connectivity index (χ2n) is 5.40. The molecule has 0 aliphatic carbocycles. The van der Waals surface area contributed by atoms with E-state index in [1.165, 1.54) is 11.3 Å². The van der Waals surface area contributed by atoms with Crippen molar-refractivity contribution in [3.8, 4) is 0 Å². The fourth-order valence-electron chi connectivity index (χ4n) is 2.43. The molecule has 0 atom stereocenters. The van der Waals surface area contributed by atoms with E-state index in [0.717, 1.165) is 17.1 Å². The zero-order chi connectivity index (χ0) is 16.1. The predicted molar refractivity (Wildman–Crippen MR) is 96.3 cm³/mol. The van der Waals surface area contributed by atoms with E-state index in [2.05, 4.69) is 65.5 Å². The number of hydrogen-bond donors (Lipinski definition) is 0. The quantitative estimate of drug-likeness (QED) is 0.529. The van der Waals surface area contributed by atoms with Gasteiger partial charge in [0.15, 0.2) is 0 Å².